The smallest absolute Gasteiger partial charge is 0.488 e. The van der Waals surface area contributed by atoms with E-state index in [0.717, 1.165) is 5.76 Å². The summed E-state index contributed by atoms with van der Waals surface area (Å²) in [5.41, 5.74) is 0.432. The summed E-state index contributed by atoms with van der Waals surface area (Å²) < 4.78 is 15.9. The molecule has 1 aromatic heterocycles. The molecule has 0 radical (unpaired) electrons. The van der Waals surface area contributed by atoms with Gasteiger partial charge in [-0.15, -0.1) is 0 Å². The molecule has 0 unspecified atom stereocenters. The molecule has 0 aliphatic rings. The Morgan fingerprint density at radius 1 is 1.05 bits per heavy atom. The van der Waals surface area contributed by atoms with Gasteiger partial charge in [0.25, 0.3) is 0 Å². The van der Waals surface area contributed by atoms with E-state index in [9.17, 15) is 0 Å². The van der Waals surface area contributed by atoms with Gasteiger partial charge in [-0.05, 0) is 29.7 Å². The molecule has 19 heavy (non-hydrogen) atoms. The number of benzene rings is 1. The molecule has 2 aromatic rings. The summed E-state index contributed by atoms with van der Waals surface area (Å²) >= 11 is 0. The minimum atomic E-state index is -1.45. The van der Waals surface area contributed by atoms with Crippen LogP contribution < -0.4 is 10.2 Å². The van der Waals surface area contributed by atoms with E-state index in [4.69, 9.17) is 23.9 Å². The molecule has 1 heterocycles. The number of hydrogen-bond acceptors (Lipinski definition) is 5. The van der Waals surface area contributed by atoms with Gasteiger partial charge in [0.2, 0.25) is 0 Å². The molecule has 0 bridgehead atoms. The van der Waals surface area contributed by atoms with E-state index in [1.165, 1.54) is 0 Å². The van der Waals surface area contributed by atoms with Crippen LogP contribution in [0.15, 0.2) is 47.1 Å². The molecule has 2 N–H and O–H groups in total. The molecule has 0 amide bonds. The lowest BCUT2D eigenvalue weighted by atomic mass is 9.80. The summed E-state index contributed by atoms with van der Waals surface area (Å²) in [4.78, 5) is 0. The summed E-state index contributed by atoms with van der Waals surface area (Å²) in [6, 6.07) is 10.2. The molecule has 0 aliphatic heterocycles. The maximum atomic E-state index is 8.94. The highest BCUT2D eigenvalue weighted by atomic mass is 16.5. The highest BCUT2D eigenvalue weighted by Gasteiger charge is 2.09. The van der Waals surface area contributed by atoms with Crippen LogP contribution in [0.3, 0.4) is 0 Å². The molecule has 0 spiro atoms. The predicted molar refractivity (Wildman–Crippen MR) is 70.1 cm³/mol. The zero-order chi connectivity index (χ0) is 13.5. The Balaban J connectivity index is 1.65. The molecular weight excluding hydrogens is 247 g/mol. The maximum absolute atomic E-state index is 8.94. The fourth-order valence-electron chi connectivity index (χ4n) is 1.52. The first-order chi connectivity index (χ1) is 9.25. The molecular formula is C13H15BO5. The van der Waals surface area contributed by atoms with Crippen molar-refractivity contribution >= 4 is 12.6 Å². The summed E-state index contributed by atoms with van der Waals surface area (Å²) in [5, 5.41) is 17.9. The third-order valence-electron chi connectivity index (χ3n) is 2.50. The number of rotatable bonds is 7. The van der Waals surface area contributed by atoms with Crippen molar-refractivity contribution in [3.05, 3.63) is 48.4 Å². The molecule has 0 saturated carbocycles. The van der Waals surface area contributed by atoms with E-state index in [1.807, 2.05) is 12.1 Å². The van der Waals surface area contributed by atoms with Crippen molar-refractivity contribution in [2.45, 2.75) is 6.61 Å². The first-order valence-corrected chi connectivity index (χ1v) is 5.95. The lowest BCUT2D eigenvalue weighted by molar-refractivity contribution is 0.0781. The van der Waals surface area contributed by atoms with Crippen LogP contribution in [-0.2, 0) is 11.3 Å². The number of ether oxygens (including phenoxy) is 2. The maximum Gasteiger partial charge on any atom is 0.488 e. The second-order valence-electron chi connectivity index (χ2n) is 3.92. The molecule has 0 saturated heterocycles. The van der Waals surface area contributed by atoms with Gasteiger partial charge in [-0.25, -0.2) is 0 Å². The lowest BCUT2D eigenvalue weighted by Gasteiger charge is -2.07. The van der Waals surface area contributed by atoms with Gasteiger partial charge >= 0.3 is 7.12 Å². The van der Waals surface area contributed by atoms with Crippen molar-refractivity contribution in [1.29, 1.82) is 0 Å². The van der Waals surface area contributed by atoms with Gasteiger partial charge in [-0.2, -0.15) is 0 Å². The van der Waals surface area contributed by atoms with Gasteiger partial charge in [0.05, 0.1) is 12.9 Å². The van der Waals surface area contributed by atoms with E-state index in [-0.39, 0.29) is 0 Å². The van der Waals surface area contributed by atoms with Crippen LogP contribution in [0.2, 0.25) is 0 Å². The Morgan fingerprint density at radius 2 is 1.84 bits per heavy atom. The molecule has 1 aromatic carbocycles. The summed E-state index contributed by atoms with van der Waals surface area (Å²) in [6.07, 6.45) is 1.60. The van der Waals surface area contributed by atoms with Crippen molar-refractivity contribution < 1.29 is 23.9 Å². The Labute approximate surface area is 111 Å². The highest BCUT2D eigenvalue weighted by Crippen LogP contribution is 2.07. The molecule has 6 heteroatoms. The second-order valence-corrected chi connectivity index (χ2v) is 3.92. The lowest BCUT2D eigenvalue weighted by Crippen LogP contribution is -2.29. The third-order valence-corrected chi connectivity index (χ3v) is 2.50. The molecule has 100 valence electrons. The first kappa shape index (κ1) is 13.7. The van der Waals surface area contributed by atoms with Crippen LogP contribution in [-0.4, -0.2) is 30.4 Å². The Morgan fingerprint density at radius 3 is 2.47 bits per heavy atom. The fraction of sp³-hybridized carbons (Fsp3) is 0.231. The van der Waals surface area contributed by atoms with Crippen molar-refractivity contribution in [2.75, 3.05) is 13.2 Å². The molecule has 0 aliphatic carbocycles. The van der Waals surface area contributed by atoms with Crippen molar-refractivity contribution in [3.63, 3.8) is 0 Å². The Hall–Kier alpha value is -1.76. The van der Waals surface area contributed by atoms with Crippen LogP contribution in [0.4, 0.5) is 0 Å². The van der Waals surface area contributed by atoms with Crippen molar-refractivity contribution in [2.24, 2.45) is 0 Å². The zero-order valence-corrected chi connectivity index (χ0v) is 10.4. The Bertz CT molecular complexity index is 466. The minimum absolute atomic E-state index is 0.418. The summed E-state index contributed by atoms with van der Waals surface area (Å²) in [6.45, 7) is 1.29. The van der Waals surface area contributed by atoms with Crippen LogP contribution in [0.5, 0.6) is 5.75 Å². The monoisotopic (exact) mass is 262 g/mol. The van der Waals surface area contributed by atoms with Crippen molar-refractivity contribution in [1.82, 2.24) is 0 Å². The normalized spacial score (nSPS) is 10.4. The quantitative estimate of drug-likeness (QED) is 0.563. The van der Waals surface area contributed by atoms with Crippen LogP contribution in [0.25, 0.3) is 0 Å². The van der Waals surface area contributed by atoms with Gasteiger partial charge in [-0.1, -0.05) is 12.1 Å². The zero-order valence-electron chi connectivity index (χ0n) is 10.4. The average Bonchev–Trinajstić information content (AvgIpc) is 2.92. The fourth-order valence-corrected chi connectivity index (χ4v) is 1.52. The van der Waals surface area contributed by atoms with E-state index in [1.54, 1.807) is 30.5 Å². The topological polar surface area (TPSA) is 72.1 Å². The van der Waals surface area contributed by atoms with E-state index in [2.05, 4.69) is 0 Å². The summed E-state index contributed by atoms with van der Waals surface area (Å²) in [5.74, 6) is 1.44. The second kappa shape index (κ2) is 6.99. The van der Waals surface area contributed by atoms with Gasteiger partial charge in [-0.3, -0.25) is 0 Å². The highest BCUT2D eigenvalue weighted by molar-refractivity contribution is 6.58. The standard InChI is InChI=1S/C13H15BO5/c15-14(16)11-3-5-12(6-4-11)19-9-8-17-10-13-2-1-7-18-13/h1-7,15-16H,8-10H2. The predicted octanol–water partition coefficient (Wildman–Crippen LogP) is 0.555. The van der Waals surface area contributed by atoms with Crippen LogP contribution in [0, 0.1) is 0 Å². The van der Waals surface area contributed by atoms with Gasteiger partial charge < -0.3 is 23.9 Å². The van der Waals surface area contributed by atoms with E-state index in [0.29, 0.717) is 31.0 Å². The molecule has 0 atom stereocenters. The Kier molecular flexibility index (Phi) is 5.03. The van der Waals surface area contributed by atoms with Crippen LogP contribution >= 0.6 is 0 Å². The first-order valence-electron chi connectivity index (χ1n) is 5.95. The molecule has 5 nitrogen and oxygen atoms in total. The SMILES string of the molecule is OB(O)c1ccc(OCCOCc2ccco2)cc1. The van der Waals surface area contributed by atoms with E-state index < -0.39 is 7.12 Å². The molecule has 2 rings (SSSR count). The minimum Gasteiger partial charge on any atom is -0.491 e. The van der Waals surface area contributed by atoms with Crippen molar-refractivity contribution in [3.8, 4) is 5.75 Å². The average molecular weight is 262 g/mol. The number of hydrogen-bond donors (Lipinski definition) is 2. The third kappa shape index (κ3) is 4.44. The largest absolute Gasteiger partial charge is 0.491 e. The van der Waals surface area contributed by atoms with Gasteiger partial charge in [0, 0.05) is 0 Å². The van der Waals surface area contributed by atoms with Crippen LogP contribution in [0.1, 0.15) is 5.76 Å². The number of furan rings is 1. The van der Waals surface area contributed by atoms with E-state index >= 15 is 0 Å². The molecule has 0 fully saturated rings. The van der Waals surface area contributed by atoms with Gasteiger partial charge in [0.1, 0.15) is 24.7 Å². The van der Waals surface area contributed by atoms with Gasteiger partial charge in [0.15, 0.2) is 0 Å². The summed E-state index contributed by atoms with van der Waals surface area (Å²) in [7, 11) is -1.45.